The second-order valence-corrected chi connectivity index (χ2v) is 8.32. The molecule has 0 aliphatic carbocycles. The van der Waals surface area contributed by atoms with Gasteiger partial charge < -0.3 is 4.90 Å². The number of hydrogen-bond donors (Lipinski definition) is 1. The Morgan fingerprint density at radius 2 is 2.16 bits per heavy atom. The van der Waals surface area contributed by atoms with Crippen LogP contribution in [0.5, 0.6) is 0 Å². The minimum Gasteiger partial charge on any atom is -0.344 e. The van der Waals surface area contributed by atoms with Crippen LogP contribution in [0.15, 0.2) is 40.7 Å². The van der Waals surface area contributed by atoms with Crippen molar-refractivity contribution in [3.63, 3.8) is 0 Å². The van der Waals surface area contributed by atoms with Crippen molar-refractivity contribution < 1.29 is 21.6 Å². The fourth-order valence-electron chi connectivity index (χ4n) is 2.79. The quantitative estimate of drug-likeness (QED) is 0.851. The molecule has 0 radical (unpaired) electrons. The molecule has 1 atom stereocenters. The fraction of sp³-hybridized carbons (Fsp3) is 0.400. The number of thiazole rings is 1. The molecule has 1 unspecified atom stereocenters. The molecule has 2 aromatic rings. The Morgan fingerprint density at radius 3 is 2.84 bits per heavy atom. The summed E-state index contributed by atoms with van der Waals surface area (Å²) in [6, 6.07) is 3.68. The van der Waals surface area contributed by atoms with Gasteiger partial charge in [-0.2, -0.15) is 13.2 Å². The van der Waals surface area contributed by atoms with E-state index in [0.717, 1.165) is 42.7 Å². The first kappa shape index (κ1) is 18.2. The first-order valence-corrected chi connectivity index (χ1v) is 9.97. The third-order valence-corrected chi connectivity index (χ3v) is 6.25. The second kappa shape index (κ2) is 6.93. The van der Waals surface area contributed by atoms with Crippen molar-refractivity contribution in [3.8, 4) is 0 Å². The smallest absolute Gasteiger partial charge is 0.344 e. The van der Waals surface area contributed by atoms with Crippen LogP contribution in [0.4, 0.5) is 18.3 Å². The molecule has 1 N–H and O–H groups in total. The van der Waals surface area contributed by atoms with Crippen LogP contribution in [0.3, 0.4) is 0 Å². The molecule has 5 nitrogen and oxygen atoms in total. The number of halogens is 3. The minimum absolute atomic E-state index is 0.0632. The van der Waals surface area contributed by atoms with Crippen LogP contribution in [0, 0.1) is 0 Å². The topological polar surface area (TPSA) is 62.3 Å². The van der Waals surface area contributed by atoms with Crippen LogP contribution in [-0.4, -0.2) is 32.5 Å². The maximum atomic E-state index is 12.8. The van der Waals surface area contributed by atoms with Crippen LogP contribution in [0.1, 0.15) is 18.4 Å². The van der Waals surface area contributed by atoms with Crippen LogP contribution >= 0.6 is 11.3 Å². The molecule has 1 aromatic heterocycles. The van der Waals surface area contributed by atoms with Gasteiger partial charge in [0.1, 0.15) is 0 Å². The number of alkyl halides is 3. The van der Waals surface area contributed by atoms with Crippen molar-refractivity contribution in [1.29, 1.82) is 0 Å². The Kier molecular flexibility index (Phi) is 5.03. The van der Waals surface area contributed by atoms with Gasteiger partial charge in [0, 0.05) is 30.7 Å². The van der Waals surface area contributed by atoms with E-state index in [1.807, 2.05) is 10.3 Å². The van der Waals surface area contributed by atoms with E-state index in [-0.39, 0.29) is 17.5 Å². The largest absolute Gasteiger partial charge is 0.416 e. The van der Waals surface area contributed by atoms with Crippen LogP contribution in [0.25, 0.3) is 0 Å². The summed E-state index contributed by atoms with van der Waals surface area (Å²) in [5.41, 5.74) is -0.986. The number of nitrogens with zero attached hydrogens (tertiary/aromatic N) is 2. The molecule has 1 aliphatic heterocycles. The molecule has 3 rings (SSSR count). The highest BCUT2D eigenvalue weighted by molar-refractivity contribution is 7.89. The Labute approximate surface area is 147 Å². The van der Waals surface area contributed by atoms with Gasteiger partial charge in [0.15, 0.2) is 5.13 Å². The van der Waals surface area contributed by atoms with Crippen molar-refractivity contribution in [2.75, 3.05) is 18.0 Å². The first-order valence-electron chi connectivity index (χ1n) is 7.60. The van der Waals surface area contributed by atoms with Crippen molar-refractivity contribution in [3.05, 3.63) is 41.4 Å². The average molecular weight is 391 g/mol. The lowest BCUT2D eigenvalue weighted by molar-refractivity contribution is -0.137. The Morgan fingerprint density at radius 1 is 1.36 bits per heavy atom. The van der Waals surface area contributed by atoms with Gasteiger partial charge in [-0.05, 0) is 31.0 Å². The molecule has 10 heteroatoms. The summed E-state index contributed by atoms with van der Waals surface area (Å²) in [4.78, 5) is 5.87. The lowest BCUT2D eigenvalue weighted by Gasteiger charge is -2.24. The predicted octanol–water partition coefficient (Wildman–Crippen LogP) is 3.11. The van der Waals surface area contributed by atoms with E-state index < -0.39 is 21.8 Å². The van der Waals surface area contributed by atoms with E-state index >= 15 is 0 Å². The van der Waals surface area contributed by atoms with Gasteiger partial charge in [-0.25, -0.2) is 18.1 Å². The monoisotopic (exact) mass is 391 g/mol. The van der Waals surface area contributed by atoms with Crippen molar-refractivity contribution in [1.82, 2.24) is 9.71 Å². The maximum absolute atomic E-state index is 12.8. The van der Waals surface area contributed by atoms with Gasteiger partial charge in [0.25, 0.3) is 0 Å². The number of hydrogen-bond acceptors (Lipinski definition) is 5. The van der Waals surface area contributed by atoms with Gasteiger partial charge in [-0.3, -0.25) is 0 Å². The molecule has 0 amide bonds. The van der Waals surface area contributed by atoms with Gasteiger partial charge in [-0.1, -0.05) is 6.07 Å². The summed E-state index contributed by atoms with van der Waals surface area (Å²) in [6.45, 7) is 0.904. The molecule has 1 saturated heterocycles. The SMILES string of the molecule is O=S(=O)(NCC1CCCN1c1nccs1)c1cccc(C(F)(F)F)c1. The third kappa shape index (κ3) is 4.13. The molecule has 1 aromatic carbocycles. The summed E-state index contributed by atoms with van der Waals surface area (Å²) in [7, 11) is -4.02. The highest BCUT2D eigenvalue weighted by atomic mass is 32.2. The zero-order valence-corrected chi connectivity index (χ0v) is 14.7. The molecule has 25 heavy (non-hydrogen) atoms. The number of sulfonamides is 1. The van der Waals surface area contributed by atoms with E-state index in [4.69, 9.17) is 0 Å². The zero-order chi connectivity index (χ0) is 18.1. The average Bonchev–Trinajstić information content (AvgIpc) is 3.23. The van der Waals surface area contributed by atoms with Crippen molar-refractivity contribution in [2.24, 2.45) is 0 Å². The predicted molar refractivity (Wildman–Crippen MR) is 89.1 cm³/mol. The molecule has 136 valence electrons. The van der Waals surface area contributed by atoms with Gasteiger partial charge in [-0.15, -0.1) is 11.3 Å². The van der Waals surface area contributed by atoms with E-state index in [1.54, 1.807) is 6.20 Å². The molecule has 1 fully saturated rings. The summed E-state index contributed by atoms with van der Waals surface area (Å²) in [6.07, 6.45) is -1.19. The van der Waals surface area contributed by atoms with Crippen molar-refractivity contribution >= 4 is 26.5 Å². The highest BCUT2D eigenvalue weighted by Crippen LogP contribution is 2.31. The molecule has 0 spiro atoms. The van der Waals surface area contributed by atoms with E-state index in [2.05, 4.69) is 9.71 Å². The maximum Gasteiger partial charge on any atom is 0.416 e. The summed E-state index contributed by atoms with van der Waals surface area (Å²) >= 11 is 1.47. The van der Waals surface area contributed by atoms with Gasteiger partial charge >= 0.3 is 6.18 Å². The summed E-state index contributed by atoms with van der Waals surface area (Å²) in [5.74, 6) is 0. The van der Waals surface area contributed by atoms with Gasteiger partial charge in [0.05, 0.1) is 10.5 Å². The Hall–Kier alpha value is -1.65. The van der Waals surface area contributed by atoms with Crippen LogP contribution < -0.4 is 9.62 Å². The normalized spacial score (nSPS) is 18.7. The van der Waals surface area contributed by atoms with E-state index in [9.17, 15) is 21.6 Å². The molecule has 0 saturated carbocycles. The fourth-order valence-corrected chi connectivity index (χ4v) is 4.65. The zero-order valence-electron chi connectivity index (χ0n) is 13.0. The first-order chi connectivity index (χ1) is 11.8. The second-order valence-electron chi connectivity index (χ2n) is 5.68. The standard InChI is InChI=1S/C15H16F3N3O2S2/c16-15(17,18)11-3-1-5-13(9-11)25(22,23)20-10-12-4-2-7-21(12)14-19-6-8-24-14/h1,3,5-6,8-9,12,20H,2,4,7,10H2. The number of rotatable bonds is 5. The molecule has 2 heterocycles. The Balaban J connectivity index is 1.72. The number of nitrogens with one attached hydrogen (secondary N) is 1. The summed E-state index contributed by atoms with van der Waals surface area (Å²) in [5, 5.41) is 2.66. The Bertz CT molecular complexity index is 823. The molecular weight excluding hydrogens is 375 g/mol. The number of anilines is 1. The lowest BCUT2D eigenvalue weighted by Crippen LogP contribution is -2.40. The number of benzene rings is 1. The summed E-state index contributed by atoms with van der Waals surface area (Å²) < 4.78 is 65.4. The number of aromatic nitrogens is 1. The minimum atomic E-state index is -4.58. The van der Waals surface area contributed by atoms with Crippen LogP contribution in [-0.2, 0) is 16.2 Å². The van der Waals surface area contributed by atoms with Gasteiger partial charge in [0.2, 0.25) is 10.0 Å². The molecule has 0 bridgehead atoms. The van der Waals surface area contributed by atoms with E-state index in [0.29, 0.717) is 6.07 Å². The third-order valence-electron chi connectivity index (χ3n) is 4.02. The van der Waals surface area contributed by atoms with E-state index in [1.165, 1.54) is 11.3 Å². The lowest BCUT2D eigenvalue weighted by atomic mass is 10.2. The molecule has 1 aliphatic rings. The highest BCUT2D eigenvalue weighted by Gasteiger charge is 2.32. The molecular formula is C15H16F3N3O2S2. The van der Waals surface area contributed by atoms with Crippen molar-refractivity contribution in [2.45, 2.75) is 30.0 Å². The van der Waals surface area contributed by atoms with Crippen LogP contribution in [0.2, 0.25) is 0 Å².